The largest absolute Gasteiger partial charge is 0.470 e. The summed E-state index contributed by atoms with van der Waals surface area (Å²) >= 11 is 0. The van der Waals surface area contributed by atoms with Crippen molar-refractivity contribution >= 4 is 29.2 Å². The fourth-order valence-electron chi connectivity index (χ4n) is 1.55. The summed E-state index contributed by atoms with van der Waals surface area (Å²) in [5.41, 5.74) is 0. The predicted molar refractivity (Wildman–Crippen MR) is 76.6 cm³/mol. The van der Waals surface area contributed by atoms with E-state index in [2.05, 4.69) is 9.05 Å². The Morgan fingerprint density at radius 3 is 1.64 bits per heavy atom. The van der Waals surface area contributed by atoms with Crippen LogP contribution in [0.1, 0.15) is 33.6 Å². The molecular weight excluding hydrogens is 363 g/mol. The minimum Gasteiger partial charge on any atom is -0.322 e. The van der Waals surface area contributed by atoms with Crippen LogP contribution in [-0.4, -0.2) is 41.4 Å². The van der Waals surface area contributed by atoms with E-state index in [0.29, 0.717) is 6.92 Å². The molecule has 0 aliphatic carbocycles. The summed E-state index contributed by atoms with van der Waals surface area (Å²) in [5, 5.41) is 1.89. The first-order valence-electron chi connectivity index (χ1n) is 5.97. The van der Waals surface area contributed by atoms with Crippen molar-refractivity contribution in [2.75, 3.05) is 0 Å². The highest BCUT2D eigenvalue weighted by atomic mass is 31.2. The number of hydrogen-bond donors (Lipinski definition) is 6. The molecule has 0 heterocycles. The van der Waals surface area contributed by atoms with Gasteiger partial charge in [0.15, 0.2) is 5.34 Å². The molecule has 0 saturated carbocycles. The lowest BCUT2D eigenvalue weighted by atomic mass is 10.2. The predicted octanol–water partition coefficient (Wildman–Crippen LogP) is 1.36. The van der Waals surface area contributed by atoms with Gasteiger partial charge in [0.1, 0.15) is 0 Å². The molecule has 14 heteroatoms. The van der Waals surface area contributed by atoms with Gasteiger partial charge in [-0.15, -0.1) is 0 Å². The third-order valence-electron chi connectivity index (χ3n) is 3.06. The molecule has 0 fully saturated rings. The lowest BCUT2D eigenvalue weighted by molar-refractivity contribution is 0.0500. The fourth-order valence-corrected chi connectivity index (χ4v) is 5.43. The zero-order valence-electron chi connectivity index (χ0n) is 12.1. The summed E-state index contributed by atoms with van der Waals surface area (Å²) < 4.78 is 43.7. The minimum absolute atomic E-state index is 0.143. The van der Waals surface area contributed by atoms with Crippen LogP contribution in [0, 0.1) is 5.41 Å². The van der Waals surface area contributed by atoms with Crippen molar-refractivity contribution in [3.63, 3.8) is 0 Å². The number of phosphoric ester groups is 1. The molecule has 0 aliphatic rings. The second kappa shape index (κ2) is 6.91. The maximum absolute atomic E-state index is 12.4. The van der Waals surface area contributed by atoms with Crippen LogP contribution in [0.3, 0.4) is 0 Å². The molecule has 0 spiro atoms. The molecule has 2 atom stereocenters. The van der Waals surface area contributed by atoms with Gasteiger partial charge in [0.25, 0.3) is 0 Å². The van der Waals surface area contributed by atoms with Crippen molar-refractivity contribution in [1.82, 2.24) is 0 Å². The molecule has 6 N–H and O–H groups in total. The maximum atomic E-state index is 12.4. The van der Waals surface area contributed by atoms with Gasteiger partial charge in [0.05, 0.1) is 0 Å². The molecule has 0 radical (unpaired) electrons. The minimum atomic E-state index is -5.19. The average molecular weight is 383 g/mol. The molecule has 0 saturated heterocycles. The standard InChI is InChI=1S/C8H20NO10P3/c1-4-8(5-2,19-22(15,16)17)21(13,14)18-7(3,6-9)20(10,11)12/h6,9H,4-5H2,1-3H3,(H,13,14)(H2,10,11,12)(H2,15,16,17). The quantitative estimate of drug-likeness (QED) is 0.250. The topological polar surface area (TPSA) is 195 Å². The summed E-state index contributed by atoms with van der Waals surface area (Å²) in [6.45, 7) is 3.27. The van der Waals surface area contributed by atoms with E-state index in [0.717, 1.165) is 0 Å². The van der Waals surface area contributed by atoms with Crippen LogP contribution in [0.15, 0.2) is 0 Å². The van der Waals surface area contributed by atoms with Gasteiger partial charge in [-0.2, -0.15) is 0 Å². The molecule has 0 amide bonds. The van der Waals surface area contributed by atoms with Gasteiger partial charge in [0, 0.05) is 6.21 Å². The van der Waals surface area contributed by atoms with Gasteiger partial charge in [-0.1, -0.05) is 13.8 Å². The number of rotatable bonds is 9. The third-order valence-corrected chi connectivity index (χ3v) is 7.70. The molecule has 0 aromatic heterocycles. The zero-order valence-corrected chi connectivity index (χ0v) is 14.8. The summed E-state index contributed by atoms with van der Waals surface area (Å²) in [6, 6.07) is 0. The van der Waals surface area contributed by atoms with Crippen LogP contribution in [0.25, 0.3) is 0 Å². The first kappa shape index (κ1) is 22.1. The Labute approximate surface area is 127 Å². The van der Waals surface area contributed by atoms with Crippen molar-refractivity contribution in [2.45, 2.75) is 44.3 Å². The van der Waals surface area contributed by atoms with Crippen molar-refractivity contribution in [3.05, 3.63) is 0 Å². The second-order valence-electron chi connectivity index (χ2n) is 4.59. The summed E-state index contributed by atoms with van der Waals surface area (Å²) in [5.74, 6) is 0. The van der Waals surface area contributed by atoms with Gasteiger partial charge in [-0.25, -0.2) is 4.57 Å². The number of phosphoric acid groups is 1. The highest BCUT2D eigenvalue weighted by Crippen LogP contribution is 2.68. The SMILES string of the molecule is CCC(CC)(OP(=O)(O)O)P(=O)(O)OC(C)(C=N)P(=O)(O)O. The Kier molecular flexibility index (Phi) is 6.93. The maximum Gasteiger partial charge on any atom is 0.470 e. The van der Waals surface area contributed by atoms with Gasteiger partial charge < -0.3 is 29.9 Å². The fraction of sp³-hybridized carbons (Fsp3) is 0.875. The smallest absolute Gasteiger partial charge is 0.322 e. The van der Waals surface area contributed by atoms with E-state index in [-0.39, 0.29) is 6.21 Å². The first-order valence-corrected chi connectivity index (χ1v) is 10.7. The molecule has 0 aliphatic heterocycles. The lowest BCUT2D eigenvalue weighted by Crippen LogP contribution is -2.37. The van der Waals surface area contributed by atoms with E-state index in [1.54, 1.807) is 0 Å². The summed E-state index contributed by atoms with van der Waals surface area (Å²) in [7, 11) is -15.5. The van der Waals surface area contributed by atoms with Crippen molar-refractivity contribution in [3.8, 4) is 0 Å². The molecule has 0 rings (SSSR count). The molecule has 132 valence electrons. The van der Waals surface area contributed by atoms with Gasteiger partial charge in [0.2, 0.25) is 5.34 Å². The summed E-state index contributed by atoms with van der Waals surface area (Å²) in [6.07, 6.45) is -0.639. The Morgan fingerprint density at radius 2 is 1.41 bits per heavy atom. The van der Waals surface area contributed by atoms with Crippen molar-refractivity contribution < 1.29 is 47.2 Å². The van der Waals surface area contributed by atoms with Crippen LogP contribution in [0.4, 0.5) is 0 Å². The Morgan fingerprint density at radius 1 is 1.00 bits per heavy atom. The van der Waals surface area contributed by atoms with E-state index < -0.39 is 46.5 Å². The monoisotopic (exact) mass is 383 g/mol. The van der Waals surface area contributed by atoms with E-state index in [1.165, 1.54) is 13.8 Å². The van der Waals surface area contributed by atoms with E-state index in [4.69, 9.17) is 25.0 Å². The number of hydrogen-bond acceptors (Lipinski definition) is 6. The van der Waals surface area contributed by atoms with Crippen molar-refractivity contribution in [1.29, 1.82) is 5.41 Å². The second-order valence-corrected chi connectivity index (χ2v) is 9.77. The Bertz CT molecular complexity index is 548. The van der Waals surface area contributed by atoms with Crippen LogP contribution < -0.4 is 0 Å². The molecule has 0 aromatic carbocycles. The normalized spacial score (nSPS) is 19.3. The van der Waals surface area contributed by atoms with E-state index in [9.17, 15) is 18.6 Å². The number of nitrogens with one attached hydrogen (secondary N) is 1. The van der Waals surface area contributed by atoms with Gasteiger partial charge >= 0.3 is 23.0 Å². The zero-order chi connectivity index (χ0) is 18.0. The molecule has 0 bridgehead atoms. The van der Waals surface area contributed by atoms with Crippen LogP contribution in [-0.2, 0) is 22.7 Å². The lowest BCUT2D eigenvalue weighted by Gasteiger charge is -2.38. The Hall–Kier alpha value is 0.0800. The summed E-state index contributed by atoms with van der Waals surface area (Å²) in [4.78, 5) is 46.1. The highest BCUT2D eigenvalue weighted by molar-refractivity contribution is 7.58. The van der Waals surface area contributed by atoms with Crippen molar-refractivity contribution in [2.24, 2.45) is 0 Å². The third kappa shape index (κ3) is 4.79. The van der Waals surface area contributed by atoms with E-state index in [1.807, 2.05) is 0 Å². The molecular formula is C8H20NO10P3. The van der Waals surface area contributed by atoms with E-state index >= 15 is 0 Å². The molecule has 0 aromatic rings. The highest BCUT2D eigenvalue weighted by Gasteiger charge is 2.57. The van der Waals surface area contributed by atoms with Gasteiger partial charge in [-0.3, -0.25) is 18.2 Å². The molecule has 22 heavy (non-hydrogen) atoms. The van der Waals surface area contributed by atoms with Crippen LogP contribution >= 0.6 is 23.0 Å². The Balaban J connectivity index is 5.95. The van der Waals surface area contributed by atoms with Gasteiger partial charge in [-0.05, 0) is 19.8 Å². The van der Waals surface area contributed by atoms with Crippen LogP contribution in [0.2, 0.25) is 0 Å². The molecule has 2 unspecified atom stereocenters. The first-order chi connectivity index (χ1) is 9.60. The average Bonchev–Trinajstić information content (AvgIpc) is 2.32. The van der Waals surface area contributed by atoms with Crippen LogP contribution in [0.5, 0.6) is 0 Å². The molecule has 11 nitrogen and oxygen atoms in total.